The van der Waals surface area contributed by atoms with Crippen LogP contribution in [0.2, 0.25) is 0 Å². The van der Waals surface area contributed by atoms with Gasteiger partial charge in [0.1, 0.15) is 15.8 Å². The molecule has 7 nitrogen and oxygen atoms in total. The third-order valence-electron chi connectivity index (χ3n) is 3.75. The van der Waals surface area contributed by atoms with Gasteiger partial charge in [-0.1, -0.05) is 28.6 Å². The van der Waals surface area contributed by atoms with Gasteiger partial charge in [0.2, 0.25) is 0 Å². The van der Waals surface area contributed by atoms with Crippen LogP contribution in [0.4, 0.5) is 10.4 Å². The second-order valence-electron chi connectivity index (χ2n) is 5.56. The van der Waals surface area contributed by atoms with Gasteiger partial charge in [0, 0.05) is 25.4 Å². The van der Waals surface area contributed by atoms with E-state index in [1.807, 2.05) is 0 Å². The fourth-order valence-corrected chi connectivity index (χ4v) is 3.18. The first-order valence-electron chi connectivity index (χ1n) is 7.60. The molecule has 4 rings (SSSR count). The van der Waals surface area contributed by atoms with E-state index in [2.05, 4.69) is 31.0 Å². The molecule has 0 aliphatic carbocycles. The lowest BCUT2D eigenvalue weighted by atomic mass is 10.1. The normalized spacial score (nSPS) is 14.5. The standard InChI is InChI=1S/C15H15FN6OS/c16-11-3-1-9(2-4-11)5-12-19-15(23-22-12)18-8-13-20-21-14(24-13)10-6-17-7-10/h1-4,10,17H,5-8H2,(H,18,19,22). The summed E-state index contributed by atoms with van der Waals surface area (Å²) in [5, 5.41) is 20.5. The van der Waals surface area contributed by atoms with E-state index >= 15 is 0 Å². The third-order valence-corrected chi connectivity index (χ3v) is 4.83. The van der Waals surface area contributed by atoms with Crippen molar-refractivity contribution in [3.63, 3.8) is 0 Å². The molecule has 1 aliphatic rings. The quantitative estimate of drug-likeness (QED) is 0.705. The Morgan fingerprint density at radius 1 is 1.25 bits per heavy atom. The highest BCUT2D eigenvalue weighted by atomic mass is 32.1. The number of aromatic nitrogens is 4. The maximum absolute atomic E-state index is 12.9. The molecule has 1 fully saturated rings. The molecule has 3 aromatic rings. The van der Waals surface area contributed by atoms with Crippen LogP contribution >= 0.6 is 11.3 Å². The van der Waals surface area contributed by atoms with Crippen molar-refractivity contribution in [3.8, 4) is 0 Å². The van der Waals surface area contributed by atoms with Crippen molar-refractivity contribution in [2.24, 2.45) is 0 Å². The Kier molecular flexibility index (Phi) is 4.18. The van der Waals surface area contributed by atoms with Gasteiger partial charge in [0.25, 0.3) is 0 Å². The van der Waals surface area contributed by atoms with E-state index in [4.69, 9.17) is 4.52 Å². The lowest BCUT2D eigenvalue weighted by Crippen LogP contribution is -2.39. The first-order valence-corrected chi connectivity index (χ1v) is 8.42. The fourth-order valence-electron chi connectivity index (χ4n) is 2.30. The largest absolute Gasteiger partial charge is 0.331 e. The first-order chi connectivity index (χ1) is 11.8. The Labute approximate surface area is 141 Å². The number of nitrogens with one attached hydrogen (secondary N) is 2. The predicted octanol–water partition coefficient (Wildman–Crippen LogP) is 1.95. The van der Waals surface area contributed by atoms with Gasteiger partial charge in [-0.3, -0.25) is 0 Å². The Balaban J connectivity index is 1.33. The van der Waals surface area contributed by atoms with Crippen LogP contribution in [0.5, 0.6) is 0 Å². The molecule has 0 amide bonds. The minimum Gasteiger partial charge on any atom is -0.331 e. The van der Waals surface area contributed by atoms with Crippen LogP contribution in [0.1, 0.15) is 27.3 Å². The molecular weight excluding hydrogens is 331 g/mol. The Morgan fingerprint density at radius 3 is 2.83 bits per heavy atom. The molecule has 0 atom stereocenters. The van der Waals surface area contributed by atoms with E-state index in [0.717, 1.165) is 28.7 Å². The summed E-state index contributed by atoms with van der Waals surface area (Å²) in [6.45, 7) is 2.44. The Hall–Kier alpha value is -2.39. The molecule has 1 aromatic carbocycles. The second kappa shape index (κ2) is 6.62. The van der Waals surface area contributed by atoms with Gasteiger partial charge in [0.15, 0.2) is 5.82 Å². The molecule has 1 saturated heterocycles. The van der Waals surface area contributed by atoms with Gasteiger partial charge in [-0.15, -0.1) is 10.2 Å². The summed E-state index contributed by atoms with van der Waals surface area (Å²) >= 11 is 1.60. The van der Waals surface area contributed by atoms with Gasteiger partial charge >= 0.3 is 6.01 Å². The summed E-state index contributed by atoms with van der Waals surface area (Å²) in [4.78, 5) is 4.28. The molecule has 1 aliphatic heterocycles. The number of benzene rings is 1. The summed E-state index contributed by atoms with van der Waals surface area (Å²) in [6.07, 6.45) is 0.489. The predicted molar refractivity (Wildman–Crippen MR) is 86.4 cm³/mol. The first kappa shape index (κ1) is 15.2. The molecule has 0 spiro atoms. The molecular formula is C15H15FN6OS. The lowest BCUT2D eigenvalue weighted by molar-refractivity contribution is 0.423. The Morgan fingerprint density at radius 2 is 2.08 bits per heavy atom. The second-order valence-corrected chi connectivity index (χ2v) is 6.66. The number of halogens is 1. The molecule has 24 heavy (non-hydrogen) atoms. The highest BCUT2D eigenvalue weighted by Gasteiger charge is 2.23. The zero-order valence-electron chi connectivity index (χ0n) is 12.7. The molecule has 2 aromatic heterocycles. The van der Waals surface area contributed by atoms with E-state index in [1.165, 1.54) is 12.1 Å². The lowest BCUT2D eigenvalue weighted by Gasteiger charge is -2.23. The van der Waals surface area contributed by atoms with Crippen LogP contribution in [0.3, 0.4) is 0 Å². The van der Waals surface area contributed by atoms with Crippen LogP contribution in [-0.2, 0) is 13.0 Å². The molecule has 0 unspecified atom stereocenters. The summed E-state index contributed by atoms with van der Waals surface area (Å²) in [7, 11) is 0. The summed E-state index contributed by atoms with van der Waals surface area (Å²) in [5.74, 6) is 0.771. The van der Waals surface area contributed by atoms with Crippen molar-refractivity contribution in [1.29, 1.82) is 0 Å². The number of rotatable bonds is 6. The van der Waals surface area contributed by atoms with Gasteiger partial charge < -0.3 is 15.2 Å². The SMILES string of the molecule is Fc1ccc(Cc2noc(NCc3nnc(C4CNC4)s3)n2)cc1. The number of hydrogen-bond acceptors (Lipinski definition) is 8. The topological polar surface area (TPSA) is 88.8 Å². The van der Waals surface area contributed by atoms with Crippen molar-refractivity contribution in [2.45, 2.75) is 18.9 Å². The van der Waals surface area contributed by atoms with Gasteiger partial charge in [-0.05, 0) is 17.7 Å². The fraction of sp³-hybridized carbons (Fsp3) is 0.333. The van der Waals surface area contributed by atoms with Crippen LogP contribution in [0.25, 0.3) is 0 Å². The van der Waals surface area contributed by atoms with E-state index in [-0.39, 0.29) is 5.82 Å². The zero-order valence-corrected chi connectivity index (χ0v) is 13.5. The molecule has 2 N–H and O–H groups in total. The van der Waals surface area contributed by atoms with Crippen LogP contribution < -0.4 is 10.6 Å². The molecule has 0 radical (unpaired) electrons. The smallest absolute Gasteiger partial charge is 0.321 e. The molecule has 3 heterocycles. The van der Waals surface area contributed by atoms with E-state index < -0.39 is 0 Å². The molecule has 9 heteroatoms. The maximum Gasteiger partial charge on any atom is 0.321 e. The summed E-state index contributed by atoms with van der Waals surface area (Å²) in [6, 6.07) is 6.58. The molecule has 0 saturated carbocycles. The minimum absolute atomic E-state index is 0.261. The average Bonchev–Trinajstić information content (AvgIpc) is 3.16. The van der Waals surface area contributed by atoms with Crippen LogP contribution in [0.15, 0.2) is 28.8 Å². The van der Waals surface area contributed by atoms with Crippen molar-refractivity contribution < 1.29 is 8.91 Å². The average molecular weight is 346 g/mol. The van der Waals surface area contributed by atoms with Gasteiger partial charge in [-0.2, -0.15) is 4.98 Å². The molecule has 0 bridgehead atoms. The maximum atomic E-state index is 12.9. The van der Waals surface area contributed by atoms with E-state index in [0.29, 0.717) is 30.7 Å². The van der Waals surface area contributed by atoms with Crippen molar-refractivity contribution >= 4 is 17.4 Å². The number of hydrogen-bond donors (Lipinski definition) is 2. The van der Waals surface area contributed by atoms with Crippen LogP contribution in [-0.4, -0.2) is 33.4 Å². The number of nitrogens with zero attached hydrogens (tertiary/aromatic N) is 4. The van der Waals surface area contributed by atoms with Gasteiger partial charge in [-0.25, -0.2) is 4.39 Å². The van der Waals surface area contributed by atoms with E-state index in [9.17, 15) is 4.39 Å². The summed E-state index contributed by atoms with van der Waals surface area (Å²) in [5.41, 5.74) is 0.923. The van der Waals surface area contributed by atoms with Crippen molar-refractivity contribution in [2.75, 3.05) is 18.4 Å². The van der Waals surface area contributed by atoms with Crippen molar-refractivity contribution in [1.82, 2.24) is 25.7 Å². The molecule has 124 valence electrons. The highest BCUT2D eigenvalue weighted by molar-refractivity contribution is 7.11. The van der Waals surface area contributed by atoms with Crippen LogP contribution in [0, 0.1) is 5.82 Å². The Bertz CT molecular complexity index is 813. The zero-order chi connectivity index (χ0) is 16.4. The van der Waals surface area contributed by atoms with E-state index in [1.54, 1.807) is 23.5 Å². The monoisotopic (exact) mass is 346 g/mol. The van der Waals surface area contributed by atoms with Gasteiger partial charge in [0.05, 0.1) is 6.54 Å². The summed E-state index contributed by atoms with van der Waals surface area (Å²) < 4.78 is 18.1. The third kappa shape index (κ3) is 3.41. The minimum atomic E-state index is -0.261. The van der Waals surface area contributed by atoms with Crippen molar-refractivity contribution in [3.05, 3.63) is 51.5 Å². The number of anilines is 1. The highest BCUT2D eigenvalue weighted by Crippen LogP contribution is 2.23.